The fourth-order valence-electron chi connectivity index (χ4n) is 5.44. The molecule has 0 unspecified atom stereocenters. The quantitative estimate of drug-likeness (QED) is 0.287. The summed E-state index contributed by atoms with van der Waals surface area (Å²) in [4.78, 5) is 19.1. The third-order valence-electron chi connectivity index (χ3n) is 7.36. The number of nitrogens with zero attached hydrogens (tertiary/aromatic N) is 6. The summed E-state index contributed by atoms with van der Waals surface area (Å²) < 4.78 is 39.3. The predicted octanol–water partition coefficient (Wildman–Crippen LogP) is 3.44. The van der Waals surface area contributed by atoms with Crippen LogP contribution in [0.1, 0.15) is 33.1 Å². The highest BCUT2D eigenvalue weighted by Gasteiger charge is 2.35. The second-order valence-electron chi connectivity index (χ2n) is 9.88. The third-order valence-corrected chi connectivity index (χ3v) is 10.3. The summed E-state index contributed by atoms with van der Waals surface area (Å²) in [6.45, 7) is 6.61. The number of aromatic amines is 1. The molecule has 3 aromatic heterocycles. The van der Waals surface area contributed by atoms with Crippen molar-refractivity contribution in [3.05, 3.63) is 50.9 Å². The maximum Gasteiger partial charge on any atom is 0.335 e. The number of nitrogens with one attached hydrogen (secondary N) is 1. The van der Waals surface area contributed by atoms with Crippen molar-refractivity contribution in [2.24, 2.45) is 0 Å². The Labute approximate surface area is 239 Å². The molecular formula is C26H30IN7O4S. The molecule has 1 saturated heterocycles. The molecule has 1 aromatic carbocycles. The molecule has 2 aliphatic rings. The minimum Gasteiger partial charge on any atom is -0.493 e. The van der Waals surface area contributed by atoms with Crippen LogP contribution in [0.2, 0.25) is 0 Å². The van der Waals surface area contributed by atoms with E-state index in [-0.39, 0.29) is 16.6 Å². The summed E-state index contributed by atoms with van der Waals surface area (Å²) >= 11 is 2.22. The van der Waals surface area contributed by atoms with Crippen LogP contribution in [0.15, 0.2) is 46.5 Å². The largest absolute Gasteiger partial charge is 0.493 e. The van der Waals surface area contributed by atoms with Gasteiger partial charge >= 0.3 is 5.69 Å². The first-order valence-electron chi connectivity index (χ1n) is 13.2. The fraction of sp³-hybridized carbons (Fsp3) is 0.423. The molecular weight excluding hydrogens is 633 g/mol. The van der Waals surface area contributed by atoms with Crippen molar-refractivity contribution in [3.8, 4) is 17.0 Å². The first-order chi connectivity index (χ1) is 18.8. The minimum absolute atomic E-state index is 0.177. The zero-order chi connectivity index (χ0) is 27.3. The topological polar surface area (TPSA) is 118 Å². The normalized spacial score (nSPS) is 17.9. The van der Waals surface area contributed by atoms with Crippen LogP contribution in [0.5, 0.6) is 5.75 Å². The van der Waals surface area contributed by atoms with Crippen LogP contribution in [0.4, 0.5) is 0 Å². The Hall–Kier alpha value is -2.91. The SMILES string of the molecule is CCCOc1ccc(S(=O)(=O)N2CCN3C=CC[C@H]3C2)cc1-c1[nH]c2c(c1I)n(CCC)c(=O)n1cnnc21. The second-order valence-corrected chi connectivity index (χ2v) is 12.9. The number of H-pyrrole nitrogens is 1. The number of fused-ring (bicyclic) bond motifs is 4. The highest BCUT2D eigenvalue weighted by Crippen LogP contribution is 2.39. The van der Waals surface area contributed by atoms with Gasteiger partial charge in [0.15, 0.2) is 5.65 Å². The van der Waals surface area contributed by atoms with Gasteiger partial charge in [0.25, 0.3) is 0 Å². The van der Waals surface area contributed by atoms with Crippen molar-refractivity contribution >= 4 is 49.3 Å². The first-order valence-corrected chi connectivity index (χ1v) is 15.7. The van der Waals surface area contributed by atoms with Gasteiger partial charge in [0.05, 0.1) is 26.3 Å². The Morgan fingerprint density at radius 1 is 1.21 bits per heavy atom. The molecule has 0 spiro atoms. The standard InChI is InChI=1S/C26H30IN7O4S/c1-3-9-33-24-21(27)22(29-23(24)25-30-28-16-34(25)26(33)35)19-14-18(7-8-20(19)38-13-4-2)39(36,37)32-12-11-31-10-5-6-17(31)15-32/h5,7-8,10,14,16-17,29H,3-4,6,9,11-13,15H2,1-2H3/t17-/m0/s1. The summed E-state index contributed by atoms with van der Waals surface area (Å²) in [6, 6.07) is 5.23. The van der Waals surface area contributed by atoms with E-state index in [1.807, 2.05) is 13.8 Å². The maximum absolute atomic E-state index is 13.8. The third kappa shape index (κ3) is 4.34. The van der Waals surface area contributed by atoms with Crippen molar-refractivity contribution in [1.29, 1.82) is 0 Å². The van der Waals surface area contributed by atoms with E-state index in [9.17, 15) is 13.2 Å². The predicted molar refractivity (Wildman–Crippen MR) is 156 cm³/mol. The number of halogens is 1. The summed E-state index contributed by atoms with van der Waals surface area (Å²) in [5.41, 5.74) is 2.90. The Balaban J connectivity index is 1.51. The summed E-state index contributed by atoms with van der Waals surface area (Å²) in [7, 11) is -3.74. The van der Waals surface area contributed by atoms with E-state index in [2.05, 4.69) is 54.9 Å². The molecule has 6 rings (SSSR count). The summed E-state index contributed by atoms with van der Waals surface area (Å²) in [6.07, 6.45) is 8.00. The number of rotatable bonds is 8. The van der Waals surface area contributed by atoms with Gasteiger partial charge in [0, 0.05) is 37.8 Å². The molecule has 1 N–H and O–H groups in total. The average molecular weight is 664 g/mol. The molecule has 11 nitrogen and oxygen atoms in total. The zero-order valence-corrected chi connectivity index (χ0v) is 24.8. The van der Waals surface area contributed by atoms with Crippen molar-refractivity contribution in [2.45, 2.75) is 50.6 Å². The van der Waals surface area contributed by atoms with Crippen molar-refractivity contribution < 1.29 is 13.2 Å². The molecule has 1 atom stereocenters. The monoisotopic (exact) mass is 663 g/mol. The van der Waals surface area contributed by atoms with E-state index in [1.165, 1.54) is 10.7 Å². The van der Waals surface area contributed by atoms with Gasteiger partial charge < -0.3 is 14.6 Å². The van der Waals surface area contributed by atoms with Gasteiger partial charge in [-0.1, -0.05) is 19.9 Å². The van der Waals surface area contributed by atoms with Crippen LogP contribution in [0.25, 0.3) is 27.9 Å². The molecule has 4 aromatic rings. The number of sulfonamides is 1. The van der Waals surface area contributed by atoms with Crippen LogP contribution in [0, 0.1) is 3.57 Å². The van der Waals surface area contributed by atoms with Gasteiger partial charge in [-0.15, -0.1) is 10.2 Å². The molecule has 0 saturated carbocycles. The number of hydrogen-bond acceptors (Lipinski definition) is 7. The molecule has 206 valence electrons. The van der Waals surface area contributed by atoms with E-state index in [0.717, 1.165) is 28.3 Å². The number of hydrogen-bond donors (Lipinski definition) is 1. The minimum atomic E-state index is -3.74. The summed E-state index contributed by atoms with van der Waals surface area (Å²) in [5.74, 6) is 0.576. The molecule has 39 heavy (non-hydrogen) atoms. The van der Waals surface area contributed by atoms with Gasteiger partial charge in [-0.05, 0) is 66.3 Å². The number of ether oxygens (including phenoxy) is 1. The second kappa shape index (κ2) is 10.2. The molecule has 13 heteroatoms. The Bertz CT molecular complexity index is 1760. The van der Waals surface area contributed by atoms with E-state index >= 15 is 0 Å². The molecule has 0 radical (unpaired) electrons. The van der Waals surface area contributed by atoms with Crippen LogP contribution >= 0.6 is 22.6 Å². The van der Waals surface area contributed by atoms with Gasteiger partial charge in [0.2, 0.25) is 10.0 Å². The highest BCUT2D eigenvalue weighted by atomic mass is 127. The van der Waals surface area contributed by atoms with E-state index in [1.54, 1.807) is 27.1 Å². The van der Waals surface area contributed by atoms with Crippen LogP contribution in [-0.2, 0) is 16.6 Å². The van der Waals surface area contributed by atoms with Crippen molar-refractivity contribution in [3.63, 3.8) is 0 Å². The van der Waals surface area contributed by atoms with E-state index in [4.69, 9.17) is 4.74 Å². The van der Waals surface area contributed by atoms with Crippen LogP contribution in [-0.4, -0.2) is 74.1 Å². The van der Waals surface area contributed by atoms with Gasteiger partial charge in [-0.3, -0.25) is 4.57 Å². The molecule has 0 amide bonds. The van der Waals surface area contributed by atoms with Crippen molar-refractivity contribution in [1.82, 2.24) is 33.4 Å². The first kappa shape index (κ1) is 26.3. The Morgan fingerprint density at radius 2 is 2.05 bits per heavy atom. The Kier molecular flexibility index (Phi) is 6.91. The fourth-order valence-corrected chi connectivity index (χ4v) is 7.92. The number of aromatic nitrogens is 5. The molecule has 2 aliphatic heterocycles. The smallest absolute Gasteiger partial charge is 0.335 e. The molecule has 0 bridgehead atoms. The zero-order valence-electron chi connectivity index (χ0n) is 21.8. The van der Waals surface area contributed by atoms with Crippen LogP contribution in [0.3, 0.4) is 0 Å². The van der Waals surface area contributed by atoms with Gasteiger partial charge in [-0.25, -0.2) is 17.6 Å². The lowest BCUT2D eigenvalue weighted by Gasteiger charge is -2.37. The van der Waals surface area contributed by atoms with Gasteiger partial charge in [0.1, 0.15) is 17.6 Å². The average Bonchev–Trinajstić information content (AvgIpc) is 3.68. The lowest BCUT2D eigenvalue weighted by Crippen LogP contribution is -2.51. The summed E-state index contributed by atoms with van der Waals surface area (Å²) in [5, 5.41) is 8.16. The molecule has 0 aliphatic carbocycles. The molecule has 1 fully saturated rings. The molecule has 5 heterocycles. The highest BCUT2D eigenvalue weighted by molar-refractivity contribution is 14.1. The maximum atomic E-state index is 13.8. The van der Waals surface area contributed by atoms with Gasteiger partial charge in [-0.2, -0.15) is 4.31 Å². The number of benzene rings is 1. The van der Waals surface area contributed by atoms with E-state index in [0.29, 0.717) is 61.0 Å². The van der Waals surface area contributed by atoms with Crippen molar-refractivity contribution in [2.75, 3.05) is 26.2 Å². The van der Waals surface area contributed by atoms with E-state index < -0.39 is 10.0 Å². The lowest BCUT2D eigenvalue weighted by atomic mass is 10.1. The number of piperazine rings is 1. The van der Waals surface area contributed by atoms with Crippen LogP contribution < -0.4 is 10.4 Å². The lowest BCUT2D eigenvalue weighted by molar-refractivity contribution is 0.184. The number of aryl methyl sites for hydroxylation is 1. The Morgan fingerprint density at radius 3 is 2.85 bits per heavy atom.